The third-order valence-corrected chi connectivity index (χ3v) is 13.8. The molecule has 23 nitrogen and oxygen atoms in total. The molecule has 26 heteroatoms. The number of aliphatic hydroxyl groups is 1. The van der Waals surface area contributed by atoms with Crippen molar-refractivity contribution in [3.63, 3.8) is 0 Å². The van der Waals surface area contributed by atoms with Gasteiger partial charge in [0.15, 0.2) is 6.23 Å². The van der Waals surface area contributed by atoms with E-state index in [-0.39, 0.29) is 36.1 Å². The molecule has 1 fully saturated rings. The van der Waals surface area contributed by atoms with Crippen LogP contribution >= 0.6 is 23.5 Å². The smallest absolute Gasteiger partial charge is 0.478 e. The lowest BCUT2D eigenvalue weighted by Gasteiger charge is -2.19. The van der Waals surface area contributed by atoms with Crippen LogP contribution in [0, 0.1) is 11.8 Å². The number of aromatic nitrogens is 2. The van der Waals surface area contributed by atoms with Gasteiger partial charge in [-0.3, -0.25) is 23.7 Å². The summed E-state index contributed by atoms with van der Waals surface area (Å²) in [4.78, 5) is 91.5. The van der Waals surface area contributed by atoms with Gasteiger partial charge in [-0.1, -0.05) is 17.9 Å². The first-order valence-corrected chi connectivity index (χ1v) is 24.2. The van der Waals surface area contributed by atoms with Crippen LogP contribution in [-0.2, 0) is 31.6 Å². The van der Waals surface area contributed by atoms with Crippen molar-refractivity contribution in [3.05, 3.63) is 104 Å². The molecule has 0 bridgehead atoms. The van der Waals surface area contributed by atoms with E-state index in [2.05, 4.69) is 35.3 Å². The number of carboxylic acid groups (broad SMARTS) is 1. The second-order valence-corrected chi connectivity index (χ2v) is 19.7. The van der Waals surface area contributed by atoms with Crippen molar-refractivity contribution in [2.24, 2.45) is 0 Å². The molecule has 2 aliphatic heterocycles. The summed E-state index contributed by atoms with van der Waals surface area (Å²) in [5, 5.41) is 25.3. The number of amides is 1. The molecule has 2 aromatic carbocycles. The maximum absolute atomic E-state index is 13.3. The van der Waals surface area contributed by atoms with Gasteiger partial charge in [-0.15, -0.1) is 0 Å². The summed E-state index contributed by atoms with van der Waals surface area (Å²) < 4.78 is 61.0. The van der Waals surface area contributed by atoms with E-state index in [0.717, 1.165) is 21.8 Å². The van der Waals surface area contributed by atoms with Gasteiger partial charge in [0.1, 0.15) is 37.1 Å². The number of aromatic amines is 1. The number of aliphatic hydroxyl groups excluding tert-OH is 1. The number of phosphoric acid groups is 3. The van der Waals surface area contributed by atoms with E-state index in [1.54, 1.807) is 12.1 Å². The molecule has 1 amide bonds. The van der Waals surface area contributed by atoms with Gasteiger partial charge in [0, 0.05) is 79.6 Å². The predicted octanol–water partition coefficient (Wildman–Crippen LogP) is 2.79. The molecule has 3 heterocycles. The topological polar surface area (TPSA) is 330 Å². The summed E-state index contributed by atoms with van der Waals surface area (Å²) in [6, 6.07) is 15.9. The van der Waals surface area contributed by atoms with Crippen LogP contribution in [0.15, 0.2) is 74.8 Å². The molecule has 3 aromatic rings. The van der Waals surface area contributed by atoms with E-state index in [0.29, 0.717) is 46.3 Å². The zero-order valence-electron chi connectivity index (χ0n) is 35.5. The van der Waals surface area contributed by atoms with Crippen LogP contribution in [0.3, 0.4) is 0 Å². The predicted molar refractivity (Wildman–Crippen MR) is 235 cm³/mol. The van der Waals surface area contributed by atoms with Gasteiger partial charge >= 0.3 is 35.1 Å². The number of nitrogens with one attached hydrogen (secondary N) is 2. The van der Waals surface area contributed by atoms with E-state index in [4.69, 9.17) is 18.9 Å². The van der Waals surface area contributed by atoms with Gasteiger partial charge in [0.25, 0.3) is 11.5 Å². The number of ether oxygens (including phenoxy) is 1. The molecule has 5 atom stereocenters. The molecule has 3 aliphatic rings. The normalized spacial score (nSPS) is 18.0. The average molecular weight is 977 g/mol. The Kier molecular flexibility index (Phi) is 15.2. The van der Waals surface area contributed by atoms with Gasteiger partial charge < -0.3 is 49.2 Å². The number of rotatable bonds is 16. The maximum Gasteiger partial charge on any atom is 0.490 e. The number of fused-ring (bicyclic) bond motifs is 2. The van der Waals surface area contributed by atoms with Crippen molar-refractivity contribution in [3.8, 4) is 34.3 Å². The largest absolute Gasteiger partial charge is 0.490 e. The zero-order chi connectivity index (χ0) is 48.3. The van der Waals surface area contributed by atoms with Gasteiger partial charge in [0.2, 0.25) is 5.36 Å². The summed E-state index contributed by atoms with van der Waals surface area (Å²) in [7, 11) is -9.26. The number of carbonyl (C=O) groups excluding carboxylic acids is 1. The number of hydrogen-bond donors (Lipinski definition) is 8. The first-order chi connectivity index (χ1) is 30.9. The lowest BCUT2D eigenvalue weighted by atomic mass is 9.89. The first kappa shape index (κ1) is 49.9. The Balaban J connectivity index is 1.07. The van der Waals surface area contributed by atoms with Gasteiger partial charge in [-0.2, -0.15) is 8.62 Å². The molecule has 5 unspecified atom stereocenters. The van der Waals surface area contributed by atoms with Crippen LogP contribution in [0.4, 0.5) is 5.69 Å². The summed E-state index contributed by atoms with van der Waals surface area (Å²) in [6.07, 6.45) is -2.27. The van der Waals surface area contributed by atoms with E-state index in [9.17, 15) is 52.9 Å². The number of aromatic carboxylic acids is 1. The lowest BCUT2D eigenvalue weighted by Crippen LogP contribution is -2.36. The highest BCUT2D eigenvalue weighted by molar-refractivity contribution is 7.66. The molecule has 0 saturated carbocycles. The van der Waals surface area contributed by atoms with Crippen molar-refractivity contribution in [1.82, 2.24) is 19.4 Å². The highest BCUT2D eigenvalue weighted by atomic mass is 31.3. The van der Waals surface area contributed by atoms with Gasteiger partial charge in [-0.25, -0.2) is 27.9 Å². The second kappa shape index (κ2) is 20.1. The van der Waals surface area contributed by atoms with Crippen molar-refractivity contribution in [2.45, 2.75) is 44.1 Å². The highest BCUT2D eigenvalue weighted by Crippen LogP contribution is 2.66. The van der Waals surface area contributed by atoms with Crippen molar-refractivity contribution in [2.75, 3.05) is 46.2 Å². The Morgan fingerprint density at radius 3 is 2.38 bits per heavy atom. The number of benzene rings is 3. The van der Waals surface area contributed by atoms with Gasteiger partial charge in [0.05, 0.1) is 24.3 Å². The number of nitrogens with zero attached hydrogens (tertiary/aromatic N) is 3. The SMILES string of the molecule is CN(C)c1ccc2c(-c3ccc(C(=O)NCCCCC#Cc4cn(C5OC(COP(=O)(O)OP(=O)(O)OP(=O)(O)O)CC5O)c(=O)[nH]c4=O)cc3C(=O)O)c3ccc(=[N+](C)C)cc-3oc2c1. The monoisotopic (exact) mass is 976 g/mol. The molecular weight excluding hydrogens is 931 g/mol. The van der Waals surface area contributed by atoms with E-state index in [1.165, 1.54) is 6.07 Å². The summed E-state index contributed by atoms with van der Waals surface area (Å²) in [6.45, 7) is -0.677. The minimum Gasteiger partial charge on any atom is -0.478 e. The molecule has 0 spiro atoms. The molecule has 1 aromatic heterocycles. The van der Waals surface area contributed by atoms with E-state index in [1.807, 2.05) is 74.1 Å². The Morgan fingerprint density at radius 1 is 0.970 bits per heavy atom. The number of unbranched alkanes of at least 4 members (excludes halogenated alkanes) is 2. The van der Waals surface area contributed by atoms with E-state index < -0.39 is 71.6 Å². The lowest BCUT2D eigenvalue weighted by molar-refractivity contribution is -0.0524. The summed E-state index contributed by atoms with van der Waals surface area (Å²) in [5.74, 6) is 4.26. The Bertz CT molecular complexity index is 3070. The fourth-order valence-electron chi connectivity index (χ4n) is 6.93. The van der Waals surface area contributed by atoms with Crippen molar-refractivity contribution < 1.29 is 75.4 Å². The van der Waals surface area contributed by atoms with Crippen molar-refractivity contribution in [1.29, 1.82) is 0 Å². The van der Waals surface area contributed by atoms with E-state index >= 15 is 0 Å². The number of phosphoric ester groups is 1. The fraction of sp³-hybridized carbons (Fsp3) is 0.325. The molecule has 8 N–H and O–H groups in total. The molecule has 1 aliphatic carbocycles. The maximum atomic E-state index is 13.3. The molecular formula is C40H45N5O18P3+. The summed E-state index contributed by atoms with van der Waals surface area (Å²) in [5.41, 5.74) is 1.18. The fourth-order valence-corrected chi connectivity index (χ4v) is 9.98. The molecule has 352 valence electrons. The third kappa shape index (κ3) is 12.3. The number of carbonyl (C=O) groups is 2. The van der Waals surface area contributed by atoms with Crippen LogP contribution in [0.1, 0.15) is 58.2 Å². The molecule has 66 heavy (non-hydrogen) atoms. The average Bonchev–Trinajstić information content (AvgIpc) is 3.59. The third-order valence-electron chi connectivity index (χ3n) is 9.99. The number of hydrogen-bond acceptors (Lipinski definition) is 14. The second-order valence-electron chi connectivity index (χ2n) is 15.3. The number of anilines is 1. The molecule has 1 saturated heterocycles. The van der Waals surface area contributed by atoms with Crippen LogP contribution in [0.5, 0.6) is 0 Å². The standard InChI is InChI=1S/C40H44N5O18P3/c1-43(2)25-11-14-29-33(18-25)61-34-19-26(44(3)4)12-15-30(34)35(29)28-13-10-23(17-31(28)39(49)50)36(47)41-16-8-6-5-7-9-24-21-45(40(51)42-37(24)48)38-32(46)20-27(60-38)22-59-65(55,56)63-66(57,58)62-64(52,53)54/h10-15,17-19,21,27,32,38,46H,5-6,8,16,20,22H2,1-4H3,(H6-,41,42,47,48,49,50,51,52,53,54,55,56,57,58)/p+1. The van der Waals surface area contributed by atoms with Crippen LogP contribution in [-0.4, -0.2) is 105 Å². The minimum absolute atomic E-state index is 0.0823. The summed E-state index contributed by atoms with van der Waals surface area (Å²) >= 11 is 0. The van der Waals surface area contributed by atoms with Crippen molar-refractivity contribution >= 4 is 52.0 Å². The van der Waals surface area contributed by atoms with Crippen LogP contribution in [0.25, 0.3) is 33.4 Å². The first-order valence-electron chi connectivity index (χ1n) is 19.7. The van der Waals surface area contributed by atoms with Crippen LogP contribution in [0.2, 0.25) is 0 Å². The quantitative estimate of drug-likeness (QED) is 0.0232. The molecule has 6 rings (SSSR count). The van der Waals surface area contributed by atoms with Gasteiger partial charge in [-0.05, 0) is 48.7 Å². The Hall–Kier alpha value is -5.56. The Labute approximate surface area is 374 Å². The number of H-pyrrole nitrogens is 1. The van der Waals surface area contributed by atoms with Crippen LogP contribution < -0.4 is 31.4 Å². The zero-order valence-corrected chi connectivity index (χ0v) is 38.2. The molecule has 0 radical (unpaired) electrons. The number of carboxylic acids is 1. The minimum atomic E-state index is -5.77. The highest BCUT2D eigenvalue weighted by Gasteiger charge is 2.43. The Morgan fingerprint density at radius 2 is 1.70 bits per heavy atom.